The Hall–Kier alpha value is -1.24. The van der Waals surface area contributed by atoms with E-state index >= 15 is 0 Å². The van der Waals surface area contributed by atoms with Crippen molar-refractivity contribution in [3.8, 4) is 0 Å². The van der Waals surface area contributed by atoms with Gasteiger partial charge in [0, 0.05) is 18.7 Å². The average molecular weight is 290 g/mol. The molecule has 0 aliphatic rings. The molecular formula is C12H22N2O4S. The number of rotatable bonds is 10. The van der Waals surface area contributed by atoms with E-state index < -0.39 is 5.97 Å². The number of hydrogen-bond acceptors (Lipinski definition) is 4. The molecule has 19 heavy (non-hydrogen) atoms. The summed E-state index contributed by atoms with van der Waals surface area (Å²) in [6.45, 7) is 4.45. The van der Waals surface area contributed by atoms with E-state index in [4.69, 9.17) is 5.11 Å². The second-order valence-corrected chi connectivity index (χ2v) is 5.61. The lowest BCUT2D eigenvalue weighted by Gasteiger charge is -2.07. The van der Waals surface area contributed by atoms with Gasteiger partial charge in [0.15, 0.2) is 0 Å². The standard InChI is InChI=1S/C12H22N2O4S/c1-9(2)3-4-10(15)14-7-11(16)13-5-6-19-8-12(17)18/h9H,3-8H2,1-2H3,(H,13,16)(H,14,15)(H,17,18). The smallest absolute Gasteiger partial charge is 0.313 e. The molecule has 0 aromatic rings. The minimum Gasteiger partial charge on any atom is -0.481 e. The van der Waals surface area contributed by atoms with E-state index in [0.29, 0.717) is 24.6 Å². The van der Waals surface area contributed by atoms with Crippen LogP contribution in [0.4, 0.5) is 0 Å². The number of carboxylic acids is 1. The predicted molar refractivity (Wildman–Crippen MR) is 75.1 cm³/mol. The van der Waals surface area contributed by atoms with E-state index in [9.17, 15) is 14.4 Å². The predicted octanol–water partition coefficient (Wildman–Crippen LogP) is 0.473. The van der Waals surface area contributed by atoms with Gasteiger partial charge in [0.25, 0.3) is 0 Å². The van der Waals surface area contributed by atoms with Crippen molar-refractivity contribution in [2.24, 2.45) is 5.92 Å². The van der Waals surface area contributed by atoms with Crippen molar-refractivity contribution < 1.29 is 19.5 Å². The van der Waals surface area contributed by atoms with E-state index in [2.05, 4.69) is 10.6 Å². The van der Waals surface area contributed by atoms with Gasteiger partial charge in [-0.3, -0.25) is 14.4 Å². The number of carbonyl (C=O) groups is 3. The molecule has 0 aliphatic carbocycles. The van der Waals surface area contributed by atoms with Crippen molar-refractivity contribution in [2.75, 3.05) is 24.6 Å². The number of nitrogens with one attached hydrogen (secondary N) is 2. The summed E-state index contributed by atoms with van der Waals surface area (Å²) in [5.41, 5.74) is 0. The zero-order valence-corrected chi connectivity index (χ0v) is 12.2. The lowest BCUT2D eigenvalue weighted by atomic mass is 10.1. The maximum Gasteiger partial charge on any atom is 0.313 e. The van der Waals surface area contributed by atoms with Crippen LogP contribution in [-0.2, 0) is 14.4 Å². The highest BCUT2D eigenvalue weighted by Crippen LogP contribution is 2.02. The molecule has 0 spiro atoms. The molecule has 0 aromatic carbocycles. The van der Waals surface area contributed by atoms with Crippen molar-refractivity contribution in [1.29, 1.82) is 0 Å². The molecule has 0 aliphatic heterocycles. The van der Waals surface area contributed by atoms with Crippen molar-refractivity contribution in [3.63, 3.8) is 0 Å². The molecule has 3 N–H and O–H groups in total. The van der Waals surface area contributed by atoms with Crippen LogP contribution in [0.5, 0.6) is 0 Å². The summed E-state index contributed by atoms with van der Waals surface area (Å²) in [5, 5.41) is 13.6. The van der Waals surface area contributed by atoms with Gasteiger partial charge in [-0.25, -0.2) is 0 Å². The Bertz CT molecular complexity index is 308. The van der Waals surface area contributed by atoms with Gasteiger partial charge in [-0.05, 0) is 12.3 Å². The number of amides is 2. The molecule has 7 heteroatoms. The highest BCUT2D eigenvalue weighted by molar-refractivity contribution is 7.99. The second kappa shape index (κ2) is 10.7. The van der Waals surface area contributed by atoms with Gasteiger partial charge < -0.3 is 15.7 Å². The van der Waals surface area contributed by atoms with Crippen molar-refractivity contribution in [2.45, 2.75) is 26.7 Å². The molecule has 0 atom stereocenters. The van der Waals surface area contributed by atoms with Crippen LogP contribution in [0.2, 0.25) is 0 Å². The van der Waals surface area contributed by atoms with E-state index in [1.807, 2.05) is 13.8 Å². The summed E-state index contributed by atoms with van der Waals surface area (Å²) in [5.74, 6) is -0.210. The molecular weight excluding hydrogens is 268 g/mol. The van der Waals surface area contributed by atoms with Gasteiger partial charge in [-0.15, -0.1) is 11.8 Å². The quantitative estimate of drug-likeness (QED) is 0.508. The van der Waals surface area contributed by atoms with Crippen LogP contribution in [-0.4, -0.2) is 47.5 Å². The van der Waals surface area contributed by atoms with E-state index in [-0.39, 0.29) is 24.1 Å². The first kappa shape index (κ1) is 17.8. The molecule has 0 rings (SSSR count). The Morgan fingerprint density at radius 2 is 1.84 bits per heavy atom. The van der Waals surface area contributed by atoms with Crippen LogP contribution in [0, 0.1) is 5.92 Å². The summed E-state index contributed by atoms with van der Waals surface area (Å²) in [6, 6.07) is 0. The van der Waals surface area contributed by atoms with Gasteiger partial charge in [0.1, 0.15) is 0 Å². The van der Waals surface area contributed by atoms with Gasteiger partial charge in [0.05, 0.1) is 12.3 Å². The molecule has 0 radical (unpaired) electrons. The number of carbonyl (C=O) groups excluding carboxylic acids is 2. The first-order chi connectivity index (χ1) is 8.91. The minimum atomic E-state index is -0.867. The normalized spacial score (nSPS) is 10.3. The zero-order valence-electron chi connectivity index (χ0n) is 11.4. The zero-order chi connectivity index (χ0) is 14.7. The van der Waals surface area contributed by atoms with E-state index in [1.165, 1.54) is 11.8 Å². The molecule has 6 nitrogen and oxygen atoms in total. The molecule has 0 fully saturated rings. The van der Waals surface area contributed by atoms with Crippen LogP contribution < -0.4 is 10.6 Å². The van der Waals surface area contributed by atoms with Gasteiger partial charge in [0.2, 0.25) is 11.8 Å². The monoisotopic (exact) mass is 290 g/mol. The van der Waals surface area contributed by atoms with Crippen LogP contribution in [0.1, 0.15) is 26.7 Å². The molecule has 0 saturated heterocycles. The van der Waals surface area contributed by atoms with E-state index in [0.717, 1.165) is 6.42 Å². The lowest BCUT2D eigenvalue weighted by molar-refractivity contribution is -0.134. The largest absolute Gasteiger partial charge is 0.481 e. The fourth-order valence-corrected chi connectivity index (χ4v) is 1.74. The topological polar surface area (TPSA) is 95.5 Å². The summed E-state index contributed by atoms with van der Waals surface area (Å²) < 4.78 is 0. The van der Waals surface area contributed by atoms with Crippen LogP contribution in [0.25, 0.3) is 0 Å². The third-order valence-electron chi connectivity index (χ3n) is 2.19. The lowest BCUT2D eigenvalue weighted by Crippen LogP contribution is -2.37. The Kier molecular flexibility index (Phi) is 9.97. The molecule has 2 amide bonds. The van der Waals surface area contributed by atoms with Crippen molar-refractivity contribution in [3.05, 3.63) is 0 Å². The summed E-state index contributed by atoms with van der Waals surface area (Å²) >= 11 is 1.24. The third-order valence-corrected chi connectivity index (χ3v) is 3.13. The Balaban J connectivity index is 3.48. The van der Waals surface area contributed by atoms with E-state index in [1.54, 1.807) is 0 Å². The maximum atomic E-state index is 11.3. The van der Waals surface area contributed by atoms with Gasteiger partial charge >= 0.3 is 5.97 Å². The van der Waals surface area contributed by atoms with Gasteiger partial charge in [-0.2, -0.15) is 0 Å². The minimum absolute atomic E-state index is 0.0273. The first-order valence-electron chi connectivity index (χ1n) is 6.24. The van der Waals surface area contributed by atoms with Crippen molar-refractivity contribution >= 4 is 29.5 Å². The fourth-order valence-electron chi connectivity index (χ4n) is 1.17. The number of carboxylic acid groups (broad SMARTS) is 1. The average Bonchev–Trinajstić information content (AvgIpc) is 2.33. The third kappa shape index (κ3) is 13.0. The highest BCUT2D eigenvalue weighted by atomic mass is 32.2. The van der Waals surface area contributed by atoms with Crippen molar-refractivity contribution in [1.82, 2.24) is 10.6 Å². The Morgan fingerprint density at radius 3 is 2.42 bits per heavy atom. The summed E-state index contributed by atoms with van der Waals surface area (Å²) in [6.07, 6.45) is 1.23. The molecule has 0 heterocycles. The number of thioether (sulfide) groups is 1. The number of hydrogen-bond donors (Lipinski definition) is 3. The highest BCUT2D eigenvalue weighted by Gasteiger charge is 2.06. The molecule has 0 unspecified atom stereocenters. The van der Waals surface area contributed by atoms with Crippen LogP contribution >= 0.6 is 11.8 Å². The summed E-state index contributed by atoms with van der Waals surface area (Å²) in [4.78, 5) is 32.9. The molecule has 110 valence electrons. The maximum absolute atomic E-state index is 11.3. The van der Waals surface area contributed by atoms with Crippen LogP contribution in [0.3, 0.4) is 0 Å². The fraction of sp³-hybridized carbons (Fsp3) is 0.750. The molecule has 0 bridgehead atoms. The Morgan fingerprint density at radius 1 is 1.16 bits per heavy atom. The molecule has 0 aromatic heterocycles. The SMILES string of the molecule is CC(C)CCC(=O)NCC(=O)NCCSCC(=O)O. The molecule has 0 saturated carbocycles. The summed E-state index contributed by atoms with van der Waals surface area (Å²) in [7, 11) is 0. The second-order valence-electron chi connectivity index (χ2n) is 4.51. The van der Waals surface area contributed by atoms with Crippen LogP contribution in [0.15, 0.2) is 0 Å². The van der Waals surface area contributed by atoms with Gasteiger partial charge in [-0.1, -0.05) is 13.8 Å². The Labute approximate surface area is 117 Å². The first-order valence-corrected chi connectivity index (χ1v) is 7.40. The number of aliphatic carboxylic acids is 1.